The Balaban J connectivity index is 1.75. The Labute approximate surface area is 165 Å². The van der Waals surface area contributed by atoms with Gasteiger partial charge in [-0.3, -0.25) is 9.59 Å². The van der Waals surface area contributed by atoms with Gasteiger partial charge in [-0.25, -0.2) is 0 Å². The number of nitrogens with one attached hydrogen (secondary N) is 1. The fraction of sp³-hybridized carbons (Fsp3) is 0.167. The molecule has 0 bridgehead atoms. The van der Waals surface area contributed by atoms with Gasteiger partial charge in [0.2, 0.25) is 5.78 Å². The molecule has 0 aliphatic carbocycles. The van der Waals surface area contributed by atoms with Crippen LogP contribution in [0.3, 0.4) is 0 Å². The van der Waals surface area contributed by atoms with Gasteiger partial charge in [0.05, 0.1) is 5.56 Å². The summed E-state index contributed by atoms with van der Waals surface area (Å²) in [5.41, 5.74) is 3.87. The minimum Gasteiger partial charge on any atom is -0.482 e. The summed E-state index contributed by atoms with van der Waals surface area (Å²) in [6, 6.07) is 21.8. The standard InChI is InChI=1S/C24H23NO3/c1-16-8-12-19(13-9-16)23(26)18(3)28-22-7-5-4-6-21(22)24(27)25-20-14-10-17(2)11-15-20/h4-15,18H,1-3H3,(H,25,27)/t18-/m1/s1. The van der Waals surface area contributed by atoms with Gasteiger partial charge in [0, 0.05) is 11.3 Å². The number of benzene rings is 3. The highest BCUT2D eigenvalue weighted by molar-refractivity contribution is 6.06. The highest BCUT2D eigenvalue weighted by atomic mass is 16.5. The average molecular weight is 373 g/mol. The lowest BCUT2D eigenvalue weighted by Crippen LogP contribution is -2.25. The normalized spacial score (nSPS) is 11.5. The summed E-state index contributed by atoms with van der Waals surface area (Å²) in [5.74, 6) is -0.0387. The van der Waals surface area contributed by atoms with Crippen LogP contribution < -0.4 is 10.1 Å². The number of carbonyl (C=O) groups excluding carboxylic acids is 2. The van der Waals surface area contributed by atoms with Crippen molar-refractivity contribution in [3.8, 4) is 5.75 Å². The Hall–Kier alpha value is -3.40. The molecule has 0 saturated carbocycles. The van der Waals surface area contributed by atoms with Gasteiger partial charge in [0.25, 0.3) is 5.91 Å². The van der Waals surface area contributed by atoms with Crippen LogP contribution in [0.4, 0.5) is 5.69 Å². The van der Waals surface area contributed by atoms with Crippen molar-refractivity contribution in [3.63, 3.8) is 0 Å². The van der Waals surface area contributed by atoms with E-state index in [0.29, 0.717) is 22.6 Å². The molecule has 0 aliphatic rings. The number of ether oxygens (including phenoxy) is 1. The molecule has 0 aromatic heterocycles. The highest BCUT2D eigenvalue weighted by Gasteiger charge is 2.20. The Bertz CT molecular complexity index is 975. The second-order valence-corrected chi connectivity index (χ2v) is 6.81. The minimum atomic E-state index is -0.712. The quantitative estimate of drug-likeness (QED) is 0.604. The predicted octanol–water partition coefficient (Wildman–Crippen LogP) is 5.21. The molecule has 4 nitrogen and oxygen atoms in total. The van der Waals surface area contributed by atoms with Crippen LogP contribution in [0.5, 0.6) is 5.75 Å². The predicted molar refractivity (Wildman–Crippen MR) is 111 cm³/mol. The van der Waals surface area contributed by atoms with Gasteiger partial charge in [0.1, 0.15) is 5.75 Å². The van der Waals surface area contributed by atoms with E-state index < -0.39 is 6.10 Å². The summed E-state index contributed by atoms with van der Waals surface area (Å²) in [4.78, 5) is 25.3. The number of hydrogen-bond donors (Lipinski definition) is 1. The molecule has 0 unspecified atom stereocenters. The summed E-state index contributed by atoms with van der Waals surface area (Å²) in [7, 11) is 0. The van der Waals surface area contributed by atoms with Gasteiger partial charge in [-0.1, -0.05) is 59.7 Å². The fourth-order valence-corrected chi connectivity index (χ4v) is 2.79. The summed E-state index contributed by atoms with van der Waals surface area (Å²) in [6.07, 6.45) is -0.712. The van der Waals surface area contributed by atoms with Crippen LogP contribution in [0.25, 0.3) is 0 Å². The number of aryl methyl sites for hydroxylation is 2. The molecule has 0 radical (unpaired) electrons. The summed E-state index contributed by atoms with van der Waals surface area (Å²) >= 11 is 0. The first kappa shape index (κ1) is 19.4. The number of hydrogen-bond acceptors (Lipinski definition) is 3. The lowest BCUT2D eigenvalue weighted by molar-refractivity contribution is 0.0812. The molecule has 28 heavy (non-hydrogen) atoms. The van der Waals surface area contributed by atoms with Crippen LogP contribution in [0.15, 0.2) is 72.8 Å². The zero-order valence-electron chi connectivity index (χ0n) is 16.2. The smallest absolute Gasteiger partial charge is 0.259 e. The van der Waals surface area contributed by atoms with Gasteiger partial charge < -0.3 is 10.1 Å². The molecule has 3 aromatic carbocycles. The van der Waals surface area contributed by atoms with Crippen molar-refractivity contribution >= 4 is 17.4 Å². The van der Waals surface area contributed by atoms with Crippen molar-refractivity contribution in [1.82, 2.24) is 0 Å². The van der Waals surface area contributed by atoms with Gasteiger partial charge in [-0.2, -0.15) is 0 Å². The molecule has 4 heteroatoms. The van der Waals surface area contributed by atoms with E-state index in [1.54, 1.807) is 43.3 Å². The van der Waals surface area contributed by atoms with Crippen molar-refractivity contribution in [2.24, 2.45) is 0 Å². The van der Waals surface area contributed by atoms with Crippen molar-refractivity contribution < 1.29 is 14.3 Å². The first-order valence-corrected chi connectivity index (χ1v) is 9.18. The van der Waals surface area contributed by atoms with E-state index >= 15 is 0 Å². The molecule has 0 heterocycles. The lowest BCUT2D eigenvalue weighted by Gasteiger charge is -2.17. The van der Waals surface area contributed by atoms with Crippen LogP contribution in [-0.4, -0.2) is 17.8 Å². The number of amides is 1. The molecule has 0 fully saturated rings. The zero-order valence-corrected chi connectivity index (χ0v) is 16.2. The van der Waals surface area contributed by atoms with E-state index in [-0.39, 0.29) is 11.7 Å². The number of rotatable bonds is 6. The Morgan fingerprint density at radius 1 is 0.821 bits per heavy atom. The van der Waals surface area contributed by atoms with Crippen LogP contribution in [-0.2, 0) is 0 Å². The average Bonchev–Trinajstić information content (AvgIpc) is 2.70. The highest BCUT2D eigenvalue weighted by Crippen LogP contribution is 2.22. The van der Waals surface area contributed by atoms with E-state index in [2.05, 4.69) is 5.32 Å². The molecule has 3 rings (SSSR count). The molecule has 0 aliphatic heterocycles. The Morgan fingerprint density at radius 2 is 1.39 bits per heavy atom. The lowest BCUT2D eigenvalue weighted by atomic mass is 10.1. The maximum Gasteiger partial charge on any atom is 0.259 e. The minimum absolute atomic E-state index is 0.131. The monoisotopic (exact) mass is 373 g/mol. The van der Waals surface area contributed by atoms with E-state index in [0.717, 1.165) is 11.1 Å². The third-order valence-electron chi connectivity index (χ3n) is 4.45. The molecular formula is C24H23NO3. The second-order valence-electron chi connectivity index (χ2n) is 6.81. The van der Waals surface area contributed by atoms with Crippen molar-refractivity contribution in [1.29, 1.82) is 0 Å². The fourth-order valence-electron chi connectivity index (χ4n) is 2.79. The van der Waals surface area contributed by atoms with E-state index in [9.17, 15) is 9.59 Å². The van der Waals surface area contributed by atoms with E-state index in [4.69, 9.17) is 4.74 Å². The largest absolute Gasteiger partial charge is 0.482 e. The van der Waals surface area contributed by atoms with E-state index in [1.165, 1.54) is 0 Å². The number of carbonyl (C=O) groups is 2. The van der Waals surface area contributed by atoms with Gasteiger partial charge >= 0.3 is 0 Å². The number of para-hydroxylation sites is 1. The molecule has 0 spiro atoms. The molecule has 1 N–H and O–H groups in total. The third kappa shape index (κ3) is 4.65. The number of anilines is 1. The topological polar surface area (TPSA) is 55.4 Å². The maximum absolute atomic E-state index is 12.7. The maximum atomic E-state index is 12.7. The Kier molecular flexibility index (Phi) is 5.90. The Morgan fingerprint density at radius 3 is 2.04 bits per heavy atom. The van der Waals surface area contributed by atoms with Crippen LogP contribution >= 0.6 is 0 Å². The van der Waals surface area contributed by atoms with Crippen molar-refractivity contribution in [2.45, 2.75) is 26.9 Å². The summed E-state index contributed by atoms with van der Waals surface area (Å²) in [6.45, 7) is 5.65. The van der Waals surface area contributed by atoms with E-state index in [1.807, 2.05) is 50.2 Å². The van der Waals surface area contributed by atoms with Gasteiger partial charge in [0.15, 0.2) is 6.10 Å². The SMILES string of the molecule is Cc1ccc(NC(=O)c2ccccc2O[C@H](C)C(=O)c2ccc(C)cc2)cc1. The van der Waals surface area contributed by atoms with Crippen LogP contribution in [0.2, 0.25) is 0 Å². The van der Waals surface area contributed by atoms with Crippen LogP contribution in [0, 0.1) is 13.8 Å². The first-order chi connectivity index (χ1) is 13.4. The second kappa shape index (κ2) is 8.53. The van der Waals surface area contributed by atoms with Crippen LogP contribution in [0.1, 0.15) is 38.8 Å². The number of Topliss-reactive ketones (excluding diaryl/α,β-unsaturated/α-hetero) is 1. The van der Waals surface area contributed by atoms with Gasteiger partial charge in [-0.05, 0) is 45.0 Å². The molecular weight excluding hydrogens is 350 g/mol. The van der Waals surface area contributed by atoms with Gasteiger partial charge in [-0.15, -0.1) is 0 Å². The molecule has 0 saturated heterocycles. The molecule has 3 aromatic rings. The van der Waals surface area contributed by atoms with Crippen molar-refractivity contribution in [3.05, 3.63) is 95.1 Å². The molecule has 1 amide bonds. The summed E-state index contributed by atoms with van der Waals surface area (Å²) in [5, 5.41) is 2.86. The third-order valence-corrected chi connectivity index (χ3v) is 4.45. The molecule has 142 valence electrons. The number of ketones is 1. The zero-order chi connectivity index (χ0) is 20.1. The first-order valence-electron chi connectivity index (χ1n) is 9.18. The molecule has 1 atom stereocenters. The van der Waals surface area contributed by atoms with Crippen molar-refractivity contribution in [2.75, 3.05) is 5.32 Å². The summed E-state index contributed by atoms with van der Waals surface area (Å²) < 4.78 is 5.86.